The molecule has 9 heteroatoms. The average molecular weight is 327 g/mol. The van der Waals surface area contributed by atoms with Crippen LogP contribution in [0.3, 0.4) is 0 Å². The fourth-order valence-electron chi connectivity index (χ4n) is 2.04. The number of rotatable bonds is 6. The van der Waals surface area contributed by atoms with Gasteiger partial charge in [-0.3, -0.25) is 0 Å². The van der Waals surface area contributed by atoms with E-state index >= 15 is 0 Å². The van der Waals surface area contributed by atoms with E-state index in [0.29, 0.717) is 5.89 Å². The van der Waals surface area contributed by atoms with Crippen LogP contribution in [0.15, 0.2) is 33.7 Å². The van der Waals surface area contributed by atoms with Crippen LogP contribution < -0.4 is 4.72 Å². The van der Waals surface area contributed by atoms with Gasteiger partial charge >= 0.3 is 0 Å². The Morgan fingerprint density at radius 1 is 1.41 bits per heavy atom. The Labute approximate surface area is 126 Å². The van der Waals surface area contributed by atoms with Crippen molar-refractivity contribution in [3.05, 3.63) is 41.8 Å². The van der Waals surface area contributed by atoms with Crippen molar-refractivity contribution in [1.82, 2.24) is 14.9 Å². The molecule has 0 bridgehead atoms. The molecule has 0 aliphatic heterocycles. The number of sulfonamides is 1. The molecule has 118 valence electrons. The normalized spacial score (nSPS) is 21.0. The molecule has 1 saturated carbocycles. The highest BCUT2D eigenvalue weighted by Gasteiger charge is 2.43. The van der Waals surface area contributed by atoms with Gasteiger partial charge in [0.15, 0.2) is 5.82 Å². The zero-order valence-electron chi connectivity index (χ0n) is 11.7. The predicted octanol–water partition coefficient (Wildman–Crippen LogP) is 1.19. The van der Waals surface area contributed by atoms with Crippen molar-refractivity contribution in [2.45, 2.75) is 29.9 Å². The van der Waals surface area contributed by atoms with Crippen molar-refractivity contribution < 1.29 is 22.1 Å². The summed E-state index contributed by atoms with van der Waals surface area (Å²) < 4.78 is 49.4. The Balaban J connectivity index is 1.63. The van der Waals surface area contributed by atoms with E-state index in [1.54, 1.807) is 7.11 Å². The fourth-order valence-corrected chi connectivity index (χ4v) is 3.02. The molecule has 7 nitrogen and oxygen atoms in total. The Bertz CT molecular complexity index is 760. The fraction of sp³-hybridized carbons (Fsp3) is 0.385. The van der Waals surface area contributed by atoms with Crippen LogP contribution in [-0.2, 0) is 21.3 Å². The molecule has 1 aromatic heterocycles. The van der Waals surface area contributed by atoms with E-state index < -0.39 is 15.8 Å². The number of halogens is 1. The molecule has 1 N–H and O–H groups in total. The second-order valence-electron chi connectivity index (χ2n) is 4.94. The largest absolute Gasteiger partial charge is 0.381 e. The van der Waals surface area contributed by atoms with Crippen LogP contribution in [0.2, 0.25) is 0 Å². The maximum Gasteiger partial charge on any atom is 0.240 e. The van der Waals surface area contributed by atoms with Gasteiger partial charge in [-0.1, -0.05) is 5.16 Å². The summed E-state index contributed by atoms with van der Waals surface area (Å²) in [6.07, 6.45) is 0.906. The van der Waals surface area contributed by atoms with E-state index in [4.69, 9.17) is 9.26 Å². The maximum atomic E-state index is 12.8. The van der Waals surface area contributed by atoms with Gasteiger partial charge in [0.1, 0.15) is 5.82 Å². The number of methoxy groups -OCH3 is 1. The number of ether oxygens (including phenoxy) is 1. The molecule has 2 atom stereocenters. The van der Waals surface area contributed by atoms with Gasteiger partial charge in [0.25, 0.3) is 0 Å². The zero-order chi connectivity index (χ0) is 15.7. The molecule has 1 aliphatic carbocycles. The number of hydrogen-bond acceptors (Lipinski definition) is 6. The lowest BCUT2D eigenvalue weighted by Gasteiger charge is -2.04. The monoisotopic (exact) mass is 327 g/mol. The first kappa shape index (κ1) is 15.1. The van der Waals surface area contributed by atoms with Crippen LogP contribution in [0.4, 0.5) is 4.39 Å². The minimum Gasteiger partial charge on any atom is -0.381 e. The predicted molar refractivity (Wildman–Crippen MR) is 72.9 cm³/mol. The maximum absolute atomic E-state index is 12.8. The third-order valence-electron chi connectivity index (χ3n) is 3.38. The van der Waals surface area contributed by atoms with E-state index in [-0.39, 0.29) is 29.3 Å². The molecule has 2 aromatic rings. The minimum atomic E-state index is -3.75. The SMILES string of the molecule is CO[C@@H]1C[C@H]1c1nc(CNS(=O)(=O)c2ccc(F)cc2)no1. The molecule has 1 fully saturated rings. The molecule has 0 spiro atoms. The standard InChI is InChI=1S/C13H14FN3O4S/c1-20-11-6-10(11)13-16-12(17-21-13)7-15-22(18,19)9-4-2-8(14)3-5-9/h2-5,10-11,15H,6-7H2,1H3/t10-,11-/m1/s1. The molecular formula is C13H14FN3O4S. The van der Waals surface area contributed by atoms with Gasteiger partial charge in [0.2, 0.25) is 15.9 Å². The number of aromatic nitrogens is 2. The Kier molecular flexibility index (Phi) is 3.94. The summed E-state index contributed by atoms with van der Waals surface area (Å²) in [6, 6.07) is 4.54. The Morgan fingerprint density at radius 3 is 2.77 bits per heavy atom. The number of nitrogens with zero attached hydrogens (tertiary/aromatic N) is 2. The van der Waals surface area contributed by atoms with Crippen molar-refractivity contribution in [3.8, 4) is 0 Å². The van der Waals surface area contributed by atoms with Crippen molar-refractivity contribution in [2.24, 2.45) is 0 Å². The van der Waals surface area contributed by atoms with Crippen LogP contribution >= 0.6 is 0 Å². The van der Waals surface area contributed by atoms with Crippen LogP contribution in [0.25, 0.3) is 0 Å². The molecule has 3 rings (SSSR count). The summed E-state index contributed by atoms with van der Waals surface area (Å²) in [5.41, 5.74) is 0. The van der Waals surface area contributed by atoms with Crippen molar-refractivity contribution in [1.29, 1.82) is 0 Å². The molecular weight excluding hydrogens is 313 g/mol. The number of hydrogen-bond donors (Lipinski definition) is 1. The second-order valence-corrected chi connectivity index (χ2v) is 6.71. The lowest BCUT2D eigenvalue weighted by molar-refractivity contribution is 0.173. The molecule has 0 unspecified atom stereocenters. The van der Waals surface area contributed by atoms with Gasteiger partial charge in [-0.05, 0) is 30.7 Å². The Hall–Kier alpha value is -1.84. The third kappa shape index (κ3) is 3.16. The summed E-state index contributed by atoms with van der Waals surface area (Å²) in [5, 5.41) is 3.73. The molecule has 1 aliphatic rings. The summed E-state index contributed by atoms with van der Waals surface area (Å²) >= 11 is 0. The number of nitrogens with one attached hydrogen (secondary N) is 1. The summed E-state index contributed by atoms with van der Waals surface area (Å²) in [7, 11) is -2.14. The smallest absolute Gasteiger partial charge is 0.240 e. The molecule has 22 heavy (non-hydrogen) atoms. The van der Waals surface area contributed by atoms with Gasteiger partial charge in [-0.15, -0.1) is 0 Å². The second kappa shape index (κ2) is 5.75. The van der Waals surface area contributed by atoms with Gasteiger partial charge in [-0.2, -0.15) is 4.98 Å². The van der Waals surface area contributed by atoms with Crippen LogP contribution in [0.5, 0.6) is 0 Å². The van der Waals surface area contributed by atoms with Gasteiger partial charge in [0, 0.05) is 7.11 Å². The summed E-state index contributed by atoms with van der Waals surface area (Å²) in [5.74, 6) is 0.268. The lowest BCUT2D eigenvalue weighted by atomic mass is 10.4. The van der Waals surface area contributed by atoms with Crippen molar-refractivity contribution in [3.63, 3.8) is 0 Å². The molecule has 0 radical (unpaired) electrons. The topological polar surface area (TPSA) is 94.3 Å². The van der Waals surface area contributed by atoms with E-state index in [1.165, 1.54) is 12.1 Å². The molecule has 0 saturated heterocycles. The van der Waals surface area contributed by atoms with E-state index in [9.17, 15) is 12.8 Å². The summed E-state index contributed by atoms with van der Waals surface area (Å²) in [4.78, 5) is 4.11. The highest BCUT2D eigenvalue weighted by atomic mass is 32.2. The van der Waals surface area contributed by atoms with Crippen molar-refractivity contribution in [2.75, 3.05) is 7.11 Å². The highest BCUT2D eigenvalue weighted by Crippen LogP contribution is 2.41. The molecule has 0 amide bonds. The first-order valence-electron chi connectivity index (χ1n) is 6.60. The van der Waals surface area contributed by atoms with E-state index in [2.05, 4.69) is 14.9 Å². The first-order chi connectivity index (χ1) is 10.5. The average Bonchev–Trinajstić information content (AvgIpc) is 3.14. The quantitative estimate of drug-likeness (QED) is 0.856. The zero-order valence-corrected chi connectivity index (χ0v) is 12.5. The highest BCUT2D eigenvalue weighted by molar-refractivity contribution is 7.89. The van der Waals surface area contributed by atoms with Gasteiger partial charge in [-0.25, -0.2) is 17.5 Å². The molecule has 1 aromatic carbocycles. The Morgan fingerprint density at radius 2 is 2.14 bits per heavy atom. The minimum absolute atomic E-state index is 0.0285. The first-order valence-corrected chi connectivity index (χ1v) is 8.08. The third-order valence-corrected chi connectivity index (χ3v) is 4.80. The van der Waals surface area contributed by atoms with Crippen LogP contribution in [0.1, 0.15) is 24.1 Å². The summed E-state index contributed by atoms with van der Waals surface area (Å²) in [6.45, 7) is -0.104. The molecule has 1 heterocycles. The van der Waals surface area contributed by atoms with E-state index in [1.807, 2.05) is 0 Å². The van der Waals surface area contributed by atoms with Gasteiger partial charge < -0.3 is 9.26 Å². The van der Waals surface area contributed by atoms with Crippen molar-refractivity contribution >= 4 is 10.0 Å². The number of benzene rings is 1. The van der Waals surface area contributed by atoms with Gasteiger partial charge in [0.05, 0.1) is 23.5 Å². The van der Waals surface area contributed by atoms with E-state index in [0.717, 1.165) is 18.6 Å². The van der Waals surface area contributed by atoms with Crippen LogP contribution in [-0.4, -0.2) is 31.8 Å². The van der Waals surface area contributed by atoms with Crippen LogP contribution in [0, 0.1) is 5.82 Å². The lowest BCUT2D eigenvalue weighted by Crippen LogP contribution is -2.23.